The molecule has 0 N–H and O–H groups in total. The number of ether oxygens (including phenoxy) is 1. The summed E-state index contributed by atoms with van der Waals surface area (Å²) < 4.78 is 8.07. The van der Waals surface area contributed by atoms with E-state index in [2.05, 4.69) is 6.92 Å². The summed E-state index contributed by atoms with van der Waals surface area (Å²) >= 11 is 13.2. The van der Waals surface area contributed by atoms with Crippen LogP contribution >= 0.6 is 35.6 Å². The second kappa shape index (κ2) is 11.3. The molecule has 0 spiro atoms. The molecule has 3 aromatic carbocycles. The molecular weight excluding hydrogens is 522 g/mol. The van der Waals surface area contributed by atoms with Gasteiger partial charge in [0.15, 0.2) is 0 Å². The Hall–Kier alpha value is -3.39. The molecule has 5 rings (SSSR count). The number of nitrogens with zero attached hydrogens (tertiary/aromatic N) is 3. The van der Waals surface area contributed by atoms with Gasteiger partial charge in [-0.3, -0.25) is 9.69 Å². The minimum Gasteiger partial charge on any atom is -0.494 e. The van der Waals surface area contributed by atoms with Crippen molar-refractivity contribution in [3.8, 4) is 22.7 Å². The lowest BCUT2D eigenvalue weighted by molar-refractivity contribution is -0.122. The van der Waals surface area contributed by atoms with Crippen molar-refractivity contribution < 1.29 is 9.53 Å². The molecule has 5 nitrogen and oxygen atoms in total. The predicted octanol–water partition coefficient (Wildman–Crippen LogP) is 7.38. The van der Waals surface area contributed by atoms with E-state index in [0.29, 0.717) is 27.4 Å². The number of hydrogen-bond donors (Lipinski definition) is 0. The van der Waals surface area contributed by atoms with Crippen LogP contribution in [0.15, 0.2) is 90.0 Å². The molecule has 4 aromatic rings. The number of halogens is 1. The molecule has 1 aliphatic heterocycles. The lowest BCUT2D eigenvalue weighted by Gasteiger charge is -2.15. The average molecular weight is 546 g/mol. The Bertz CT molecular complexity index is 1470. The zero-order valence-corrected chi connectivity index (χ0v) is 22.5. The van der Waals surface area contributed by atoms with Crippen LogP contribution in [-0.4, -0.2) is 31.5 Å². The topological polar surface area (TPSA) is 47.4 Å². The van der Waals surface area contributed by atoms with E-state index in [1.165, 1.54) is 11.8 Å². The van der Waals surface area contributed by atoms with Gasteiger partial charge in [0.1, 0.15) is 10.1 Å². The molecule has 0 bridgehead atoms. The number of amides is 1. The maximum Gasteiger partial charge on any atom is 0.266 e. The summed E-state index contributed by atoms with van der Waals surface area (Å²) in [6.45, 7) is 3.08. The molecular formula is C29H24ClN3O2S2. The van der Waals surface area contributed by atoms with E-state index in [9.17, 15) is 4.79 Å². The normalized spacial score (nSPS) is 14.5. The molecule has 0 saturated carbocycles. The predicted molar refractivity (Wildman–Crippen MR) is 155 cm³/mol. The van der Waals surface area contributed by atoms with Gasteiger partial charge in [-0.25, -0.2) is 4.68 Å². The van der Waals surface area contributed by atoms with Gasteiger partial charge in [0.05, 0.1) is 29.4 Å². The standard InChI is InChI=1S/C29H24ClN3O2S2/c1-2-16-35-24-14-12-20(13-15-24)27-22(19-33(31-27)23-9-4-3-5-10-23)17-26-28(34)32(29(36)37-26)18-21-8-6-7-11-25(21)30/h3-15,17,19H,2,16,18H2,1H3/b26-17-. The molecule has 1 aliphatic rings. The molecule has 8 heteroatoms. The quantitative estimate of drug-likeness (QED) is 0.171. The molecule has 186 valence electrons. The molecule has 37 heavy (non-hydrogen) atoms. The van der Waals surface area contributed by atoms with Gasteiger partial charge < -0.3 is 4.74 Å². The maximum absolute atomic E-state index is 13.4. The Morgan fingerprint density at radius 3 is 2.49 bits per heavy atom. The number of para-hydroxylation sites is 1. The second-order valence-electron chi connectivity index (χ2n) is 8.45. The van der Waals surface area contributed by atoms with Crippen LogP contribution in [0, 0.1) is 0 Å². The van der Waals surface area contributed by atoms with Crippen molar-refractivity contribution in [3.63, 3.8) is 0 Å². The Morgan fingerprint density at radius 2 is 1.76 bits per heavy atom. The Balaban J connectivity index is 1.49. The first-order chi connectivity index (χ1) is 18.0. The van der Waals surface area contributed by atoms with E-state index in [1.54, 1.807) is 4.90 Å². The third kappa shape index (κ3) is 5.64. The van der Waals surface area contributed by atoms with E-state index in [0.717, 1.165) is 40.2 Å². The molecule has 0 radical (unpaired) electrons. The van der Waals surface area contributed by atoms with E-state index in [-0.39, 0.29) is 5.91 Å². The van der Waals surface area contributed by atoms with Crippen LogP contribution in [0.2, 0.25) is 5.02 Å². The van der Waals surface area contributed by atoms with Crippen molar-refractivity contribution in [2.24, 2.45) is 0 Å². The third-order valence-electron chi connectivity index (χ3n) is 5.81. The number of thioether (sulfide) groups is 1. The van der Waals surface area contributed by atoms with Crippen LogP contribution in [-0.2, 0) is 11.3 Å². The van der Waals surface area contributed by atoms with Gasteiger partial charge in [-0.1, -0.05) is 78.9 Å². The monoisotopic (exact) mass is 545 g/mol. The zero-order chi connectivity index (χ0) is 25.8. The van der Waals surface area contributed by atoms with Gasteiger partial charge in [0.25, 0.3) is 5.91 Å². The van der Waals surface area contributed by atoms with Crippen molar-refractivity contribution in [2.45, 2.75) is 19.9 Å². The van der Waals surface area contributed by atoms with Crippen LogP contribution in [0.4, 0.5) is 0 Å². The highest BCUT2D eigenvalue weighted by Gasteiger charge is 2.32. The number of thiocarbonyl (C=S) groups is 1. The average Bonchev–Trinajstić information content (AvgIpc) is 3.46. The molecule has 0 unspecified atom stereocenters. The van der Waals surface area contributed by atoms with Gasteiger partial charge >= 0.3 is 0 Å². The highest BCUT2D eigenvalue weighted by atomic mass is 35.5. The summed E-state index contributed by atoms with van der Waals surface area (Å²) in [6, 6.07) is 25.2. The SMILES string of the molecule is CCCOc1ccc(-c2nn(-c3ccccc3)cc2/C=C2\SC(=S)N(Cc3ccccc3Cl)C2=O)cc1. The number of carbonyl (C=O) groups is 1. The second-order valence-corrected chi connectivity index (χ2v) is 10.5. The number of rotatable bonds is 8. The van der Waals surface area contributed by atoms with Crippen LogP contribution in [0.25, 0.3) is 23.0 Å². The van der Waals surface area contributed by atoms with Gasteiger partial charge in [-0.2, -0.15) is 5.10 Å². The Kier molecular flexibility index (Phi) is 7.74. The Morgan fingerprint density at radius 1 is 1.03 bits per heavy atom. The first-order valence-corrected chi connectivity index (χ1v) is 13.5. The van der Waals surface area contributed by atoms with Crippen LogP contribution in [0.5, 0.6) is 5.75 Å². The number of hydrogen-bond acceptors (Lipinski definition) is 5. The molecule has 1 saturated heterocycles. The fourth-order valence-electron chi connectivity index (χ4n) is 3.93. The fraction of sp³-hybridized carbons (Fsp3) is 0.138. The van der Waals surface area contributed by atoms with Gasteiger partial charge in [-0.15, -0.1) is 0 Å². The summed E-state index contributed by atoms with van der Waals surface area (Å²) in [6.07, 6.45) is 4.75. The maximum atomic E-state index is 13.4. The first-order valence-electron chi connectivity index (χ1n) is 11.9. The van der Waals surface area contributed by atoms with E-state index in [1.807, 2.05) is 95.8 Å². The Labute approximate surface area is 230 Å². The van der Waals surface area contributed by atoms with Gasteiger partial charge in [0.2, 0.25) is 0 Å². The molecule has 0 aliphatic carbocycles. The molecule has 0 atom stereocenters. The largest absolute Gasteiger partial charge is 0.494 e. The number of aromatic nitrogens is 2. The van der Waals surface area contributed by atoms with Crippen molar-refractivity contribution in [2.75, 3.05) is 6.61 Å². The lowest BCUT2D eigenvalue weighted by Crippen LogP contribution is -2.27. The van der Waals surface area contributed by atoms with E-state index >= 15 is 0 Å². The summed E-state index contributed by atoms with van der Waals surface area (Å²) in [7, 11) is 0. The molecule has 1 amide bonds. The van der Waals surface area contributed by atoms with Crippen LogP contribution in [0.1, 0.15) is 24.5 Å². The zero-order valence-electron chi connectivity index (χ0n) is 20.1. The summed E-state index contributed by atoms with van der Waals surface area (Å²) in [5.74, 6) is 0.673. The number of carbonyl (C=O) groups excluding carboxylic acids is 1. The fourth-order valence-corrected chi connectivity index (χ4v) is 5.38. The van der Waals surface area contributed by atoms with Crippen molar-refractivity contribution >= 4 is 51.9 Å². The highest BCUT2D eigenvalue weighted by Crippen LogP contribution is 2.36. The first kappa shape index (κ1) is 25.3. The molecule has 1 fully saturated rings. The summed E-state index contributed by atoms with van der Waals surface area (Å²) in [4.78, 5) is 15.5. The van der Waals surface area contributed by atoms with Crippen molar-refractivity contribution in [3.05, 3.63) is 106 Å². The summed E-state index contributed by atoms with van der Waals surface area (Å²) in [5, 5.41) is 5.48. The van der Waals surface area contributed by atoms with Crippen LogP contribution < -0.4 is 4.74 Å². The summed E-state index contributed by atoms with van der Waals surface area (Å²) in [5.41, 5.74) is 4.30. The van der Waals surface area contributed by atoms with Crippen molar-refractivity contribution in [1.29, 1.82) is 0 Å². The molecule has 2 heterocycles. The van der Waals surface area contributed by atoms with Crippen LogP contribution in [0.3, 0.4) is 0 Å². The van der Waals surface area contributed by atoms with E-state index < -0.39 is 0 Å². The number of benzene rings is 3. The smallest absolute Gasteiger partial charge is 0.266 e. The molecule has 1 aromatic heterocycles. The highest BCUT2D eigenvalue weighted by molar-refractivity contribution is 8.26. The van der Waals surface area contributed by atoms with Gasteiger partial charge in [-0.05, 0) is 60.5 Å². The van der Waals surface area contributed by atoms with E-state index in [4.69, 9.17) is 33.7 Å². The minimum absolute atomic E-state index is 0.142. The van der Waals surface area contributed by atoms with Crippen molar-refractivity contribution in [1.82, 2.24) is 14.7 Å². The minimum atomic E-state index is -0.142. The van der Waals surface area contributed by atoms with Gasteiger partial charge in [0, 0.05) is 22.3 Å². The third-order valence-corrected chi connectivity index (χ3v) is 7.56. The lowest BCUT2D eigenvalue weighted by atomic mass is 10.1.